The number of carbonyl (C=O) groups excluding carboxylic acids is 2. The van der Waals surface area contributed by atoms with Crippen molar-refractivity contribution in [2.75, 3.05) is 6.54 Å². The molecule has 1 N–H and O–H groups in total. The van der Waals surface area contributed by atoms with Gasteiger partial charge in [0, 0.05) is 36.8 Å². The molecule has 0 bridgehead atoms. The predicted octanol–water partition coefficient (Wildman–Crippen LogP) is 1.74. The summed E-state index contributed by atoms with van der Waals surface area (Å²) in [6.07, 6.45) is 5.80. The van der Waals surface area contributed by atoms with E-state index in [1.165, 1.54) is 12.3 Å². The van der Waals surface area contributed by atoms with Crippen LogP contribution in [0.15, 0.2) is 23.1 Å². The van der Waals surface area contributed by atoms with Gasteiger partial charge in [-0.05, 0) is 25.8 Å². The fourth-order valence-electron chi connectivity index (χ4n) is 2.73. The second kappa shape index (κ2) is 6.50. The highest BCUT2D eigenvalue weighted by molar-refractivity contribution is 5.94. The zero-order valence-electron chi connectivity index (χ0n) is 11.7. The Balaban J connectivity index is 2.23. The second-order valence-corrected chi connectivity index (χ2v) is 5.35. The van der Waals surface area contributed by atoms with Crippen LogP contribution in [0.5, 0.6) is 0 Å². The maximum Gasteiger partial charge on any atom is 0.254 e. The van der Waals surface area contributed by atoms with E-state index < -0.39 is 0 Å². The average molecular weight is 276 g/mol. The van der Waals surface area contributed by atoms with Gasteiger partial charge in [0.25, 0.3) is 5.91 Å². The van der Waals surface area contributed by atoms with E-state index in [1.807, 2.05) is 0 Å². The van der Waals surface area contributed by atoms with Crippen LogP contribution in [0.25, 0.3) is 0 Å². The molecule has 5 nitrogen and oxygen atoms in total. The van der Waals surface area contributed by atoms with Gasteiger partial charge in [0.1, 0.15) is 5.78 Å². The molecule has 5 heteroatoms. The Morgan fingerprint density at radius 2 is 2.15 bits per heavy atom. The van der Waals surface area contributed by atoms with Gasteiger partial charge >= 0.3 is 0 Å². The van der Waals surface area contributed by atoms with E-state index in [4.69, 9.17) is 0 Å². The summed E-state index contributed by atoms with van der Waals surface area (Å²) < 4.78 is 0. The molecule has 1 atom stereocenters. The Kier molecular flexibility index (Phi) is 4.71. The largest absolute Gasteiger partial charge is 0.335 e. The van der Waals surface area contributed by atoms with Gasteiger partial charge in [0.15, 0.2) is 0 Å². The fourth-order valence-corrected chi connectivity index (χ4v) is 2.73. The summed E-state index contributed by atoms with van der Waals surface area (Å²) in [7, 11) is 0. The summed E-state index contributed by atoms with van der Waals surface area (Å²) in [5.41, 5.74) is 0.109. The minimum absolute atomic E-state index is 0.0400. The van der Waals surface area contributed by atoms with Gasteiger partial charge in [-0.3, -0.25) is 14.4 Å². The van der Waals surface area contributed by atoms with Crippen LogP contribution in [0.3, 0.4) is 0 Å². The molecule has 1 aliphatic rings. The molecule has 20 heavy (non-hydrogen) atoms. The molecule has 1 saturated heterocycles. The molecule has 0 aromatic carbocycles. The third-order valence-electron chi connectivity index (χ3n) is 3.68. The van der Waals surface area contributed by atoms with Gasteiger partial charge in [-0.2, -0.15) is 0 Å². The average Bonchev–Trinajstić information content (AvgIpc) is 2.63. The van der Waals surface area contributed by atoms with Crippen molar-refractivity contribution < 1.29 is 9.59 Å². The summed E-state index contributed by atoms with van der Waals surface area (Å²) in [5, 5.41) is 0. The van der Waals surface area contributed by atoms with E-state index in [-0.39, 0.29) is 23.3 Å². The molecule has 1 aromatic heterocycles. The zero-order valence-corrected chi connectivity index (χ0v) is 11.7. The predicted molar refractivity (Wildman–Crippen MR) is 75.7 cm³/mol. The summed E-state index contributed by atoms with van der Waals surface area (Å²) in [4.78, 5) is 39.5. The lowest BCUT2D eigenvalue weighted by Crippen LogP contribution is -2.41. The summed E-state index contributed by atoms with van der Waals surface area (Å²) in [6, 6.07) is 2.89. The van der Waals surface area contributed by atoms with Crippen molar-refractivity contribution in [1.82, 2.24) is 9.88 Å². The van der Waals surface area contributed by atoms with Gasteiger partial charge < -0.3 is 9.88 Å². The van der Waals surface area contributed by atoms with E-state index in [0.717, 1.165) is 25.7 Å². The lowest BCUT2D eigenvalue weighted by molar-refractivity contribution is -0.118. The molecule has 1 aliphatic heterocycles. The third kappa shape index (κ3) is 3.56. The van der Waals surface area contributed by atoms with Crippen LogP contribution in [0.2, 0.25) is 0 Å². The van der Waals surface area contributed by atoms with Crippen molar-refractivity contribution in [2.24, 2.45) is 0 Å². The van der Waals surface area contributed by atoms with E-state index in [9.17, 15) is 14.4 Å². The van der Waals surface area contributed by atoms with Crippen molar-refractivity contribution in [3.8, 4) is 0 Å². The highest BCUT2D eigenvalue weighted by Gasteiger charge is 2.27. The van der Waals surface area contributed by atoms with E-state index in [1.54, 1.807) is 17.9 Å². The van der Waals surface area contributed by atoms with Crippen LogP contribution in [-0.4, -0.2) is 34.2 Å². The number of hydrogen-bond acceptors (Lipinski definition) is 3. The van der Waals surface area contributed by atoms with Gasteiger partial charge in [0.05, 0.1) is 0 Å². The topological polar surface area (TPSA) is 70.2 Å². The first-order valence-corrected chi connectivity index (χ1v) is 7.07. The van der Waals surface area contributed by atoms with E-state index >= 15 is 0 Å². The highest BCUT2D eigenvalue weighted by Crippen LogP contribution is 2.21. The summed E-state index contributed by atoms with van der Waals surface area (Å²) >= 11 is 0. The number of likely N-dealkylation sites (tertiary alicyclic amines) is 1. The Morgan fingerprint density at radius 1 is 1.35 bits per heavy atom. The monoisotopic (exact) mass is 276 g/mol. The molecular formula is C15H20N2O3. The molecule has 1 aromatic rings. The van der Waals surface area contributed by atoms with Crippen molar-refractivity contribution in [3.05, 3.63) is 34.2 Å². The number of carbonyl (C=O) groups is 2. The van der Waals surface area contributed by atoms with Crippen molar-refractivity contribution in [3.63, 3.8) is 0 Å². The normalized spacial score (nSPS) is 19.4. The molecule has 2 rings (SSSR count). The van der Waals surface area contributed by atoms with Crippen LogP contribution in [0.4, 0.5) is 0 Å². The minimum atomic E-state index is -0.284. The molecule has 1 fully saturated rings. The first-order chi connectivity index (χ1) is 9.58. The van der Waals surface area contributed by atoms with E-state index in [0.29, 0.717) is 18.5 Å². The number of amides is 1. The Bertz CT molecular complexity index is 550. The lowest BCUT2D eigenvalue weighted by atomic mass is 10.0. The maximum atomic E-state index is 12.6. The molecule has 108 valence electrons. The number of nitrogens with zero attached hydrogens (tertiary/aromatic N) is 1. The third-order valence-corrected chi connectivity index (χ3v) is 3.68. The molecule has 2 heterocycles. The van der Waals surface area contributed by atoms with Crippen LogP contribution in [-0.2, 0) is 4.79 Å². The van der Waals surface area contributed by atoms with Crippen molar-refractivity contribution >= 4 is 11.7 Å². The Morgan fingerprint density at radius 3 is 2.85 bits per heavy atom. The van der Waals surface area contributed by atoms with Crippen molar-refractivity contribution in [1.29, 1.82) is 0 Å². The number of pyridine rings is 1. The lowest BCUT2D eigenvalue weighted by Gasteiger charge is -2.29. The number of nitrogens with one attached hydrogen (secondary N) is 1. The fraction of sp³-hybridized carbons (Fsp3) is 0.533. The molecule has 1 amide bonds. The van der Waals surface area contributed by atoms with Crippen LogP contribution in [0.1, 0.15) is 49.4 Å². The molecule has 1 unspecified atom stereocenters. The molecular weight excluding hydrogens is 256 g/mol. The molecule has 0 saturated carbocycles. The number of rotatable bonds is 3. The zero-order chi connectivity index (χ0) is 14.5. The summed E-state index contributed by atoms with van der Waals surface area (Å²) in [5.74, 6) is -0.0511. The number of Topliss-reactive ketones (excluding diaryl/α,β-unsaturated/α-hetero) is 1. The first kappa shape index (κ1) is 14.5. The van der Waals surface area contributed by atoms with E-state index in [2.05, 4.69) is 4.98 Å². The first-order valence-electron chi connectivity index (χ1n) is 7.07. The number of ketones is 1. The van der Waals surface area contributed by atoms with Gasteiger partial charge in [0.2, 0.25) is 5.56 Å². The number of hydrogen-bond donors (Lipinski definition) is 1. The molecule has 0 aliphatic carbocycles. The smallest absolute Gasteiger partial charge is 0.254 e. The molecule has 0 radical (unpaired) electrons. The van der Waals surface area contributed by atoms with Gasteiger partial charge in [-0.15, -0.1) is 0 Å². The number of H-pyrrole nitrogens is 1. The van der Waals surface area contributed by atoms with Crippen LogP contribution < -0.4 is 5.56 Å². The van der Waals surface area contributed by atoms with Crippen molar-refractivity contribution in [2.45, 2.75) is 45.1 Å². The van der Waals surface area contributed by atoms with Gasteiger partial charge in [-0.1, -0.05) is 12.8 Å². The van der Waals surface area contributed by atoms with Crippen LogP contribution in [0, 0.1) is 0 Å². The Hall–Kier alpha value is -1.91. The van der Waals surface area contributed by atoms with Gasteiger partial charge in [-0.25, -0.2) is 0 Å². The number of aromatic nitrogens is 1. The highest BCUT2D eigenvalue weighted by atomic mass is 16.2. The second-order valence-electron chi connectivity index (χ2n) is 5.35. The minimum Gasteiger partial charge on any atom is -0.335 e. The summed E-state index contributed by atoms with van der Waals surface area (Å²) in [6.45, 7) is 2.21. The number of aromatic amines is 1. The quantitative estimate of drug-likeness (QED) is 0.914. The standard InChI is InChI=1S/C15H20N2O3/c1-11(18)9-13-5-3-2-4-8-17(13)15(20)12-6-7-16-14(19)10-12/h6-7,10,13H,2-5,8-9H2,1H3,(H,16,19). The molecule has 0 spiro atoms. The van der Waals surface area contributed by atoms with Crippen LogP contribution >= 0.6 is 0 Å². The SMILES string of the molecule is CC(=O)CC1CCCCCN1C(=O)c1cc[nH]c(=O)c1. The maximum absolute atomic E-state index is 12.6. The Labute approximate surface area is 118 Å².